The summed E-state index contributed by atoms with van der Waals surface area (Å²) in [5, 5.41) is 34.9. The maximum Gasteiger partial charge on any atom is 0.333 e. The van der Waals surface area contributed by atoms with Crippen molar-refractivity contribution in [1.82, 2.24) is 0 Å². The van der Waals surface area contributed by atoms with Crippen molar-refractivity contribution in [3.05, 3.63) is 11.6 Å². The van der Waals surface area contributed by atoms with Crippen LogP contribution in [-0.4, -0.2) is 62.9 Å². The van der Waals surface area contributed by atoms with Crippen LogP contribution >= 0.6 is 0 Å². The second-order valence-electron chi connectivity index (χ2n) is 11.2. The summed E-state index contributed by atoms with van der Waals surface area (Å²) in [6.45, 7) is 9.77. The summed E-state index contributed by atoms with van der Waals surface area (Å²) in [6, 6.07) is 0. The molecule has 0 spiro atoms. The van der Waals surface area contributed by atoms with E-state index in [1.807, 2.05) is 20.8 Å². The fraction of sp³-hybridized carbons (Fsp3) is 0.792. The average molecular weight is 467 g/mol. The quantitative estimate of drug-likeness (QED) is 0.405. The molecule has 9 heteroatoms. The number of fused-ring (bicyclic) bond motifs is 4. The van der Waals surface area contributed by atoms with Gasteiger partial charge in [-0.1, -0.05) is 27.7 Å². The largest absolute Gasteiger partial charge is 0.459 e. The van der Waals surface area contributed by atoms with E-state index in [2.05, 4.69) is 0 Å². The van der Waals surface area contributed by atoms with Crippen LogP contribution in [0, 0.1) is 28.6 Å². The van der Waals surface area contributed by atoms with Gasteiger partial charge in [0.25, 0.3) is 0 Å². The molecular weight excluding hydrogens is 432 g/mol. The highest BCUT2D eigenvalue weighted by molar-refractivity contribution is 5.86. The van der Waals surface area contributed by atoms with E-state index in [1.54, 1.807) is 6.92 Å². The van der Waals surface area contributed by atoms with Crippen molar-refractivity contribution in [3.8, 4) is 0 Å². The lowest BCUT2D eigenvalue weighted by Crippen LogP contribution is -2.77. The van der Waals surface area contributed by atoms with Crippen LogP contribution in [0.15, 0.2) is 11.6 Å². The number of esters is 3. The van der Waals surface area contributed by atoms with Gasteiger partial charge in [-0.05, 0) is 29.6 Å². The van der Waals surface area contributed by atoms with E-state index in [0.29, 0.717) is 5.57 Å². The maximum atomic E-state index is 12.3. The lowest BCUT2D eigenvalue weighted by atomic mass is 9.39. The zero-order valence-electron chi connectivity index (χ0n) is 20.0. The Bertz CT molecular complexity index is 925. The van der Waals surface area contributed by atoms with Gasteiger partial charge in [0.15, 0.2) is 0 Å². The van der Waals surface area contributed by atoms with Gasteiger partial charge in [-0.2, -0.15) is 0 Å². The molecule has 33 heavy (non-hydrogen) atoms. The fourth-order valence-electron chi connectivity index (χ4n) is 7.62. The van der Waals surface area contributed by atoms with Crippen LogP contribution in [0.1, 0.15) is 60.8 Å². The van der Waals surface area contributed by atoms with Crippen LogP contribution < -0.4 is 0 Å². The first kappa shape index (κ1) is 24.2. The number of hydrogen-bond acceptors (Lipinski definition) is 9. The standard InChI is InChI=1S/C24H34O9/c1-11-14-7-18(28)33-23(14,29)8-15-19(11)16(27)9-24(30)21(4,5)10-17(31-12(2)25)20(22(15,24)6)32-13(3)26/h7,11,15-17,19-20,27,29-30H,8-10H2,1-6H3. The summed E-state index contributed by atoms with van der Waals surface area (Å²) in [5.74, 6) is -5.20. The molecule has 184 valence electrons. The minimum Gasteiger partial charge on any atom is -0.459 e. The summed E-state index contributed by atoms with van der Waals surface area (Å²) >= 11 is 0. The van der Waals surface area contributed by atoms with Crippen molar-refractivity contribution in [2.45, 2.75) is 90.5 Å². The highest BCUT2D eigenvalue weighted by Gasteiger charge is 2.75. The number of rotatable bonds is 2. The monoisotopic (exact) mass is 466 g/mol. The van der Waals surface area contributed by atoms with Crippen molar-refractivity contribution in [1.29, 1.82) is 0 Å². The van der Waals surface area contributed by atoms with Crippen LogP contribution in [0.5, 0.6) is 0 Å². The van der Waals surface area contributed by atoms with Gasteiger partial charge in [-0.25, -0.2) is 4.79 Å². The number of ether oxygens (including phenoxy) is 3. The molecule has 0 radical (unpaired) electrons. The van der Waals surface area contributed by atoms with E-state index < -0.39 is 76.2 Å². The molecule has 0 bridgehead atoms. The zero-order valence-corrected chi connectivity index (χ0v) is 20.0. The normalized spacial score (nSPS) is 47.9. The molecule has 3 saturated carbocycles. The number of carbonyl (C=O) groups excluding carboxylic acids is 3. The molecule has 9 unspecified atom stereocenters. The third kappa shape index (κ3) is 3.19. The van der Waals surface area contributed by atoms with E-state index >= 15 is 0 Å². The molecule has 9 nitrogen and oxygen atoms in total. The van der Waals surface area contributed by atoms with Gasteiger partial charge in [0, 0.05) is 43.8 Å². The Morgan fingerprint density at radius 3 is 2.24 bits per heavy atom. The molecule has 4 rings (SSSR count). The predicted octanol–water partition coefficient (Wildman–Crippen LogP) is 1.23. The zero-order chi connectivity index (χ0) is 24.7. The molecule has 1 heterocycles. The molecule has 0 aromatic rings. The SMILES string of the molecule is CC(=O)OC1CC(C)(C)C2(O)CC(O)C3C(C)C4=CC(=O)OC4(O)CC3C2(C)C1OC(C)=O. The molecule has 0 amide bonds. The Hall–Kier alpha value is -1.97. The molecule has 0 aromatic carbocycles. The molecule has 3 N–H and O–H groups in total. The van der Waals surface area contributed by atoms with Crippen molar-refractivity contribution >= 4 is 17.9 Å². The van der Waals surface area contributed by atoms with Crippen molar-refractivity contribution in [3.63, 3.8) is 0 Å². The summed E-state index contributed by atoms with van der Waals surface area (Å²) < 4.78 is 16.7. The minimum atomic E-state index is -1.88. The van der Waals surface area contributed by atoms with Crippen LogP contribution in [0.25, 0.3) is 0 Å². The minimum absolute atomic E-state index is 0.00702. The molecule has 0 saturated heterocycles. The summed E-state index contributed by atoms with van der Waals surface area (Å²) in [7, 11) is 0. The molecule has 0 aromatic heterocycles. The van der Waals surface area contributed by atoms with E-state index in [4.69, 9.17) is 14.2 Å². The van der Waals surface area contributed by atoms with Gasteiger partial charge in [-0.3, -0.25) is 9.59 Å². The van der Waals surface area contributed by atoms with E-state index in [-0.39, 0.29) is 19.3 Å². The Kier molecular flexibility index (Phi) is 5.32. The molecule has 3 aliphatic carbocycles. The van der Waals surface area contributed by atoms with Gasteiger partial charge in [-0.15, -0.1) is 0 Å². The summed E-state index contributed by atoms with van der Waals surface area (Å²) in [6.07, 6.45) is -1.41. The van der Waals surface area contributed by atoms with Crippen molar-refractivity contribution in [2.75, 3.05) is 0 Å². The fourth-order valence-corrected chi connectivity index (χ4v) is 7.62. The predicted molar refractivity (Wildman–Crippen MR) is 113 cm³/mol. The lowest BCUT2D eigenvalue weighted by Gasteiger charge is -2.70. The van der Waals surface area contributed by atoms with Crippen LogP contribution in [0.4, 0.5) is 0 Å². The number of aliphatic hydroxyl groups is 3. The first-order chi connectivity index (χ1) is 15.1. The van der Waals surface area contributed by atoms with Gasteiger partial charge in [0.05, 0.1) is 11.7 Å². The molecule has 3 fully saturated rings. The van der Waals surface area contributed by atoms with E-state index in [9.17, 15) is 29.7 Å². The Labute approximate surface area is 193 Å². The topological polar surface area (TPSA) is 140 Å². The highest BCUT2D eigenvalue weighted by Crippen LogP contribution is 2.69. The maximum absolute atomic E-state index is 12.3. The van der Waals surface area contributed by atoms with Crippen LogP contribution in [0.2, 0.25) is 0 Å². The van der Waals surface area contributed by atoms with Crippen molar-refractivity contribution in [2.24, 2.45) is 28.6 Å². The van der Waals surface area contributed by atoms with Crippen LogP contribution in [0.3, 0.4) is 0 Å². The number of aliphatic hydroxyl groups excluding tert-OH is 1. The lowest BCUT2D eigenvalue weighted by molar-refractivity contribution is -0.331. The summed E-state index contributed by atoms with van der Waals surface area (Å²) in [5.41, 5.74) is -3.23. The first-order valence-electron chi connectivity index (χ1n) is 11.5. The second kappa shape index (κ2) is 7.26. The number of hydrogen-bond donors (Lipinski definition) is 3. The molecular formula is C24H34O9. The number of carbonyl (C=O) groups is 3. The van der Waals surface area contributed by atoms with E-state index in [1.165, 1.54) is 19.9 Å². The Balaban J connectivity index is 1.91. The smallest absolute Gasteiger partial charge is 0.333 e. The van der Waals surface area contributed by atoms with E-state index in [0.717, 1.165) is 0 Å². The van der Waals surface area contributed by atoms with Gasteiger partial charge in [0.1, 0.15) is 12.2 Å². The molecule has 9 atom stereocenters. The molecule has 4 aliphatic rings. The Morgan fingerprint density at radius 2 is 1.67 bits per heavy atom. The third-order valence-corrected chi connectivity index (χ3v) is 9.00. The van der Waals surface area contributed by atoms with Gasteiger partial charge in [0.2, 0.25) is 5.79 Å². The molecule has 1 aliphatic heterocycles. The third-order valence-electron chi connectivity index (χ3n) is 9.00. The van der Waals surface area contributed by atoms with Crippen LogP contribution in [-0.2, 0) is 28.6 Å². The highest BCUT2D eigenvalue weighted by atomic mass is 16.7. The average Bonchev–Trinajstić information content (AvgIpc) is 2.96. The summed E-state index contributed by atoms with van der Waals surface area (Å²) in [4.78, 5) is 36.2. The van der Waals surface area contributed by atoms with Gasteiger partial charge < -0.3 is 29.5 Å². The van der Waals surface area contributed by atoms with Gasteiger partial charge >= 0.3 is 17.9 Å². The second-order valence-corrected chi connectivity index (χ2v) is 11.2. The van der Waals surface area contributed by atoms with Crippen molar-refractivity contribution < 1.29 is 43.9 Å². The Morgan fingerprint density at radius 1 is 1.06 bits per heavy atom. The first-order valence-corrected chi connectivity index (χ1v) is 11.5.